The van der Waals surface area contributed by atoms with E-state index in [-0.39, 0.29) is 11.8 Å². The molecule has 0 bridgehead atoms. The molecule has 2 aromatic rings. The van der Waals surface area contributed by atoms with Gasteiger partial charge in [0.05, 0.1) is 0 Å². The fourth-order valence-electron chi connectivity index (χ4n) is 2.69. The number of aryl methyl sites for hydroxylation is 2. The number of rotatable bonds is 0. The molecule has 0 atom stereocenters. The van der Waals surface area contributed by atoms with E-state index in [0.717, 1.165) is 27.8 Å². The third-order valence-electron chi connectivity index (χ3n) is 3.89. The van der Waals surface area contributed by atoms with E-state index in [1.807, 2.05) is 77.9 Å². The molecule has 0 radical (unpaired) electrons. The Hall–Kier alpha value is -2.62. The Morgan fingerprint density at radius 1 is 0.654 bits per heavy atom. The van der Waals surface area contributed by atoms with Crippen LogP contribution in [0.25, 0.3) is 0 Å². The maximum Gasteiger partial charge on any atom is 0.251 e. The number of fused-ring (bicyclic) bond motifs is 2. The van der Waals surface area contributed by atoms with Crippen molar-refractivity contribution in [1.29, 1.82) is 0 Å². The second kappa shape index (κ2) is 10.4. The molecule has 2 aromatic carbocycles. The van der Waals surface area contributed by atoms with Crippen molar-refractivity contribution in [3.8, 4) is 0 Å². The minimum absolute atomic E-state index is 0.0556. The maximum atomic E-state index is 11.1. The van der Waals surface area contributed by atoms with Crippen LogP contribution in [-0.2, 0) is 13.1 Å². The second-order valence-corrected chi connectivity index (χ2v) is 5.69. The summed E-state index contributed by atoms with van der Waals surface area (Å²) in [6.45, 7) is 13.4. The van der Waals surface area contributed by atoms with Crippen molar-refractivity contribution in [2.24, 2.45) is 0 Å². The maximum absolute atomic E-state index is 11.1. The van der Waals surface area contributed by atoms with Crippen molar-refractivity contribution >= 4 is 11.8 Å². The predicted molar refractivity (Wildman–Crippen MR) is 107 cm³/mol. The summed E-state index contributed by atoms with van der Waals surface area (Å²) in [5, 5.41) is 5.55. The van der Waals surface area contributed by atoms with Gasteiger partial charge in [0.2, 0.25) is 0 Å². The topological polar surface area (TPSA) is 58.2 Å². The summed E-state index contributed by atoms with van der Waals surface area (Å²) in [5.74, 6) is 0.115. The molecule has 2 N–H and O–H groups in total. The Morgan fingerprint density at radius 3 is 1.81 bits per heavy atom. The molecule has 26 heavy (non-hydrogen) atoms. The van der Waals surface area contributed by atoms with E-state index in [4.69, 9.17) is 0 Å². The lowest BCUT2D eigenvalue weighted by molar-refractivity contribution is 0.0957. The lowest BCUT2D eigenvalue weighted by Crippen LogP contribution is -2.12. The van der Waals surface area contributed by atoms with Gasteiger partial charge in [-0.2, -0.15) is 0 Å². The number of carbonyl (C=O) groups excluding carboxylic acids is 2. The summed E-state index contributed by atoms with van der Waals surface area (Å²) in [5.41, 5.74) is 6.25. The van der Waals surface area contributed by atoms with E-state index in [1.165, 1.54) is 5.56 Å². The van der Waals surface area contributed by atoms with Crippen molar-refractivity contribution in [3.63, 3.8) is 0 Å². The van der Waals surface area contributed by atoms with Crippen LogP contribution in [0.2, 0.25) is 0 Å². The van der Waals surface area contributed by atoms with E-state index in [0.29, 0.717) is 13.1 Å². The van der Waals surface area contributed by atoms with Crippen molar-refractivity contribution in [2.75, 3.05) is 0 Å². The zero-order valence-corrected chi connectivity index (χ0v) is 16.7. The largest absolute Gasteiger partial charge is 0.348 e. The Balaban J connectivity index is 0.000000219. The molecule has 4 nitrogen and oxygen atoms in total. The minimum atomic E-state index is 0.0556. The van der Waals surface area contributed by atoms with Gasteiger partial charge in [-0.15, -0.1) is 0 Å². The number of nitrogens with one attached hydrogen (secondary N) is 2. The SMILES string of the molecule is CC.CC.Cc1ccc2c(c1)C(=O)NC2.Cc1ccc2c(c1)CNC2=O. The van der Waals surface area contributed by atoms with Crippen LogP contribution in [-0.4, -0.2) is 11.8 Å². The van der Waals surface area contributed by atoms with Crippen LogP contribution < -0.4 is 10.6 Å². The van der Waals surface area contributed by atoms with Gasteiger partial charge in [0.15, 0.2) is 0 Å². The highest BCUT2D eigenvalue weighted by Gasteiger charge is 2.18. The van der Waals surface area contributed by atoms with Crippen molar-refractivity contribution in [2.45, 2.75) is 54.6 Å². The molecule has 0 saturated carbocycles. The Bertz CT molecular complexity index is 767. The van der Waals surface area contributed by atoms with Crippen LogP contribution in [0.4, 0.5) is 0 Å². The minimum Gasteiger partial charge on any atom is -0.348 e. The van der Waals surface area contributed by atoms with Crippen LogP contribution in [0.15, 0.2) is 36.4 Å². The molecule has 4 heteroatoms. The quantitative estimate of drug-likeness (QED) is 0.730. The van der Waals surface area contributed by atoms with E-state index >= 15 is 0 Å². The van der Waals surface area contributed by atoms with E-state index < -0.39 is 0 Å². The van der Waals surface area contributed by atoms with E-state index in [9.17, 15) is 9.59 Å². The van der Waals surface area contributed by atoms with Gasteiger partial charge < -0.3 is 10.6 Å². The number of carbonyl (C=O) groups is 2. The summed E-state index contributed by atoms with van der Waals surface area (Å²) in [7, 11) is 0. The predicted octanol–water partition coefficient (Wildman–Crippen LogP) is 4.53. The van der Waals surface area contributed by atoms with Crippen LogP contribution in [0.3, 0.4) is 0 Å². The zero-order valence-electron chi connectivity index (χ0n) is 16.7. The Morgan fingerprint density at radius 2 is 1.15 bits per heavy atom. The molecule has 2 aliphatic heterocycles. The van der Waals surface area contributed by atoms with Crippen molar-refractivity contribution in [3.05, 3.63) is 69.8 Å². The average molecular weight is 354 g/mol. The molecule has 0 unspecified atom stereocenters. The molecular formula is C22H30N2O2. The van der Waals surface area contributed by atoms with Crippen LogP contribution >= 0.6 is 0 Å². The normalized spacial score (nSPS) is 12.7. The highest BCUT2D eigenvalue weighted by Crippen LogP contribution is 2.17. The molecule has 0 spiro atoms. The summed E-state index contributed by atoms with van der Waals surface area (Å²) in [4.78, 5) is 22.2. The summed E-state index contributed by atoms with van der Waals surface area (Å²) in [6.07, 6.45) is 0. The summed E-state index contributed by atoms with van der Waals surface area (Å²) < 4.78 is 0. The summed E-state index contributed by atoms with van der Waals surface area (Å²) >= 11 is 0. The second-order valence-electron chi connectivity index (χ2n) is 5.69. The molecule has 4 rings (SSSR count). The van der Waals surface area contributed by atoms with Gasteiger partial charge in [-0.25, -0.2) is 0 Å². The van der Waals surface area contributed by atoms with Crippen LogP contribution in [0, 0.1) is 13.8 Å². The van der Waals surface area contributed by atoms with E-state index in [2.05, 4.69) is 10.6 Å². The standard InChI is InChI=1S/2C9H9NO.2C2H6/c1-6-2-3-8-7(4-6)5-10-9(8)11;1-6-2-3-7-5-10-9(11)8(7)4-6;2*1-2/h2*2-4H,5H2,1H3,(H,10,11);2*1-2H3. The molecule has 0 fully saturated rings. The molecule has 2 amide bonds. The molecule has 2 aliphatic rings. The fourth-order valence-corrected chi connectivity index (χ4v) is 2.69. The van der Waals surface area contributed by atoms with Crippen molar-refractivity contribution in [1.82, 2.24) is 10.6 Å². The molecule has 2 heterocycles. The number of benzene rings is 2. The molecule has 0 saturated heterocycles. The number of hydrogen-bond acceptors (Lipinski definition) is 2. The van der Waals surface area contributed by atoms with Crippen LogP contribution in [0.1, 0.15) is 70.7 Å². The van der Waals surface area contributed by atoms with Gasteiger partial charge >= 0.3 is 0 Å². The monoisotopic (exact) mass is 354 g/mol. The van der Waals surface area contributed by atoms with Gasteiger partial charge in [0.25, 0.3) is 11.8 Å². The number of hydrogen-bond donors (Lipinski definition) is 2. The first-order chi connectivity index (χ1) is 12.5. The molecule has 0 aromatic heterocycles. The molecule has 140 valence electrons. The smallest absolute Gasteiger partial charge is 0.251 e. The molecular weight excluding hydrogens is 324 g/mol. The average Bonchev–Trinajstić information content (AvgIpc) is 3.22. The van der Waals surface area contributed by atoms with Gasteiger partial charge in [0.1, 0.15) is 0 Å². The lowest BCUT2D eigenvalue weighted by atomic mass is 10.1. The third-order valence-corrected chi connectivity index (χ3v) is 3.89. The lowest BCUT2D eigenvalue weighted by Gasteiger charge is -1.95. The highest BCUT2D eigenvalue weighted by molar-refractivity contribution is 5.98. The third kappa shape index (κ3) is 5.19. The van der Waals surface area contributed by atoms with Gasteiger partial charge in [-0.05, 0) is 37.1 Å². The zero-order chi connectivity index (χ0) is 19.7. The Kier molecular flexibility index (Phi) is 8.56. The first kappa shape index (κ1) is 21.4. The van der Waals surface area contributed by atoms with Crippen LogP contribution in [0.5, 0.6) is 0 Å². The first-order valence-electron chi connectivity index (χ1n) is 9.30. The number of amides is 2. The Labute approximate surface area is 157 Å². The van der Waals surface area contributed by atoms with Gasteiger partial charge in [-0.3, -0.25) is 9.59 Å². The summed E-state index contributed by atoms with van der Waals surface area (Å²) in [6, 6.07) is 11.9. The molecule has 0 aliphatic carbocycles. The fraction of sp³-hybridized carbons (Fsp3) is 0.364. The van der Waals surface area contributed by atoms with E-state index in [1.54, 1.807) is 0 Å². The first-order valence-corrected chi connectivity index (χ1v) is 9.30. The van der Waals surface area contributed by atoms with Crippen molar-refractivity contribution < 1.29 is 9.59 Å². The highest BCUT2D eigenvalue weighted by atomic mass is 16.2. The van der Waals surface area contributed by atoms with Gasteiger partial charge in [-0.1, -0.05) is 63.1 Å². The van der Waals surface area contributed by atoms with Gasteiger partial charge in [0, 0.05) is 24.2 Å².